The maximum atomic E-state index is 14.0. The molecule has 1 atom stereocenters. The normalized spacial score (nSPS) is 11.4. The van der Waals surface area contributed by atoms with Gasteiger partial charge in [0.25, 0.3) is 17.7 Å². The minimum atomic E-state index is -0.646. The molecule has 0 aliphatic rings. The molecule has 3 rings (SSSR count). The first-order chi connectivity index (χ1) is 15.8. The summed E-state index contributed by atoms with van der Waals surface area (Å²) in [7, 11) is 0. The standard InChI is InChI=1S/C26H26FN3O3/c1-4-17(3)28-24(31)18-12-14-19(15-13-18)29-26(33)21-10-7-8-16(2)23(21)30-25(32)20-9-5-6-11-22(20)27/h5-15,17H,4H2,1-3H3,(H,28,31)(H,29,33)(H,30,32). The Labute approximate surface area is 192 Å². The van der Waals surface area contributed by atoms with Gasteiger partial charge < -0.3 is 16.0 Å². The molecule has 0 fully saturated rings. The zero-order valence-corrected chi connectivity index (χ0v) is 18.7. The Bertz CT molecular complexity index is 1180. The molecule has 0 bridgehead atoms. The largest absolute Gasteiger partial charge is 0.350 e. The number of nitrogens with one attached hydrogen (secondary N) is 3. The number of hydrogen-bond acceptors (Lipinski definition) is 3. The van der Waals surface area contributed by atoms with Gasteiger partial charge >= 0.3 is 0 Å². The van der Waals surface area contributed by atoms with Crippen LogP contribution in [0, 0.1) is 12.7 Å². The van der Waals surface area contributed by atoms with Gasteiger partial charge in [-0.15, -0.1) is 0 Å². The minimum absolute atomic E-state index is 0.0659. The molecular weight excluding hydrogens is 421 g/mol. The van der Waals surface area contributed by atoms with Gasteiger partial charge in [0, 0.05) is 17.3 Å². The second-order valence-corrected chi connectivity index (χ2v) is 7.75. The van der Waals surface area contributed by atoms with E-state index < -0.39 is 17.6 Å². The Balaban J connectivity index is 1.77. The van der Waals surface area contributed by atoms with Crippen molar-refractivity contribution in [2.24, 2.45) is 0 Å². The predicted molar refractivity (Wildman–Crippen MR) is 127 cm³/mol. The fourth-order valence-corrected chi connectivity index (χ4v) is 3.16. The van der Waals surface area contributed by atoms with Crippen LogP contribution in [0.2, 0.25) is 0 Å². The average molecular weight is 448 g/mol. The van der Waals surface area contributed by atoms with Crippen molar-refractivity contribution < 1.29 is 18.8 Å². The summed E-state index contributed by atoms with van der Waals surface area (Å²) in [6, 6.07) is 17.3. The number of rotatable bonds is 7. The fourth-order valence-electron chi connectivity index (χ4n) is 3.16. The van der Waals surface area contributed by atoms with Crippen LogP contribution in [-0.4, -0.2) is 23.8 Å². The second kappa shape index (κ2) is 10.5. The van der Waals surface area contributed by atoms with Gasteiger partial charge in [0.15, 0.2) is 0 Å². The van der Waals surface area contributed by atoms with Crippen LogP contribution in [0.1, 0.15) is 56.9 Å². The van der Waals surface area contributed by atoms with Crippen LogP contribution in [0.15, 0.2) is 66.7 Å². The van der Waals surface area contributed by atoms with Crippen molar-refractivity contribution in [1.29, 1.82) is 0 Å². The smallest absolute Gasteiger partial charge is 0.258 e. The highest BCUT2D eigenvalue weighted by Crippen LogP contribution is 2.23. The maximum Gasteiger partial charge on any atom is 0.258 e. The fraction of sp³-hybridized carbons (Fsp3) is 0.192. The molecular formula is C26H26FN3O3. The van der Waals surface area contributed by atoms with E-state index in [1.807, 2.05) is 13.8 Å². The third-order valence-corrected chi connectivity index (χ3v) is 5.27. The lowest BCUT2D eigenvalue weighted by atomic mass is 10.1. The Morgan fingerprint density at radius 3 is 2.12 bits per heavy atom. The molecule has 1 unspecified atom stereocenters. The molecule has 0 aromatic heterocycles. The number of carbonyl (C=O) groups excluding carboxylic acids is 3. The zero-order valence-electron chi connectivity index (χ0n) is 18.7. The third kappa shape index (κ3) is 5.83. The molecule has 0 spiro atoms. The van der Waals surface area contributed by atoms with Gasteiger partial charge in [-0.2, -0.15) is 0 Å². The average Bonchev–Trinajstić information content (AvgIpc) is 2.80. The van der Waals surface area contributed by atoms with E-state index in [1.165, 1.54) is 18.2 Å². The Morgan fingerprint density at radius 2 is 1.45 bits per heavy atom. The van der Waals surface area contributed by atoms with Gasteiger partial charge in [0.05, 0.1) is 16.8 Å². The van der Waals surface area contributed by atoms with Crippen LogP contribution in [-0.2, 0) is 0 Å². The number of hydrogen-bond donors (Lipinski definition) is 3. The molecule has 0 saturated carbocycles. The van der Waals surface area contributed by atoms with Crippen molar-refractivity contribution in [3.8, 4) is 0 Å². The third-order valence-electron chi connectivity index (χ3n) is 5.27. The van der Waals surface area contributed by atoms with E-state index in [0.717, 1.165) is 6.42 Å². The molecule has 3 aromatic rings. The van der Waals surface area contributed by atoms with Crippen LogP contribution < -0.4 is 16.0 Å². The number of halogens is 1. The van der Waals surface area contributed by atoms with Crippen molar-refractivity contribution in [1.82, 2.24) is 5.32 Å². The quantitative estimate of drug-likeness (QED) is 0.467. The van der Waals surface area contributed by atoms with E-state index in [4.69, 9.17) is 0 Å². The number of carbonyl (C=O) groups is 3. The molecule has 7 heteroatoms. The summed E-state index contributed by atoms with van der Waals surface area (Å²) in [5.41, 5.74) is 2.06. The molecule has 0 saturated heterocycles. The van der Waals surface area contributed by atoms with Gasteiger partial charge in [-0.1, -0.05) is 31.2 Å². The molecule has 0 aliphatic heterocycles. The van der Waals surface area contributed by atoms with Crippen LogP contribution in [0.5, 0.6) is 0 Å². The topological polar surface area (TPSA) is 87.3 Å². The lowest BCUT2D eigenvalue weighted by Gasteiger charge is -2.15. The van der Waals surface area contributed by atoms with Gasteiger partial charge in [-0.05, 0) is 68.3 Å². The summed E-state index contributed by atoms with van der Waals surface area (Å²) in [4.78, 5) is 37.8. The first kappa shape index (κ1) is 23.7. The first-order valence-corrected chi connectivity index (χ1v) is 10.7. The van der Waals surface area contributed by atoms with Crippen molar-refractivity contribution in [3.63, 3.8) is 0 Å². The van der Waals surface area contributed by atoms with Gasteiger partial charge in [0.1, 0.15) is 5.82 Å². The van der Waals surface area contributed by atoms with Crippen molar-refractivity contribution in [3.05, 3.63) is 94.8 Å². The van der Waals surface area contributed by atoms with Crippen LogP contribution in [0.3, 0.4) is 0 Å². The predicted octanol–water partition coefficient (Wildman–Crippen LogP) is 5.17. The van der Waals surface area contributed by atoms with Crippen LogP contribution >= 0.6 is 0 Å². The van der Waals surface area contributed by atoms with E-state index in [1.54, 1.807) is 55.5 Å². The number of para-hydroxylation sites is 1. The van der Waals surface area contributed by atoms with E-state index in [9.17, 15) is 18.8 Å². The van der Waals surface area contributed by atoms with Gasteiger partial charge in [0.2, 0.25) is 0 Å². The van der Waals surface area contributed by atoms with Crippen molar-refractivity contribution >= 4 is 29.1 Å². The first-order valence-electron chi connectivity index (χ1n) is 10.7. The molecule has 170 valence electrons. The van der Waals surface area contributed by atoms with Gasteiger partial charge in [-0.25, -0.2) is 4.39 Å². The van der Waals surface area contributed by atoms with Crippen molar-refractivity contribution in [2.45, 2.75) is 33.2 Å². The molecule has 0 aliphatic carbocycles. The minimum Gasteiger partial charge on any atom is -0.350 e. The number of amides is 3. The Kier molecular flexibility index (Phi) is 7.56. The number of aryl methyl sites for hydroxylation is 1. The zero-order chi connectivity index (χ0) is 24.0. The molecule has 3 amide bonds. The highest BCUT2D eigenvalue weighted by atomic mass is 19.1. The monoisotopic (exact) mass is 447 g/mol. The summed E-state index contributed by atoms with van der Waals surface area (Å²) >= 11 is 0. The summed E-state index contributed by atoms with van der Waals surface area (Å²) in [6.07, 6.45) is 0.826. The molecule has 33 heavy (non-hydrogen) atoms. The Hall–Kier alpha value is -4.00. The summed E-state index contributed by atoms with van der Waals surface area (Å²) in [6.45, 7) is 5.66. The summed E-state index contributed by atoms with van der Waals surface area (Å²) < 4.78 is 14.0. The molecule has 3 aromatic carbocycles. The second-order valence-electron chi connectivity index (χ2n) is 7.75. The number of anilines is 2. The highest BCUT2D eigenvalue weighted by Gasteiger charge is 2.18. The molecule has 6 nitrogen and oxygen atoms in total. The molecule has 3 N–H and O–H groups in total. The van der Waals surface area contributed by atoms with E-state index in [-0.39, 0.29) is 23.1 Å². The van der Waals surface area contributed by atoms with Crippen LogP contribution in [0.25, 0.3) is 0 Å². The van der Waals surface area contributed by atoms with Gasteiger partial charge in [-0.3, -0.25) is 14.4 Å². The highest BCUT2D eigenvalue weighted by molar-refractivity contribution is 6.13. The molecule has 0 heterocycles. The molecule has 0 radical (unpaired) electrons. The van der Waals surface area contributed by atoms with Crippen LogP contribution in [0.4, 0.5) is 15.8 Å². The summed E-state index contributed by atoms with van der Waals surface area (Å²) in [5.74, 6) is -1.92. The number of benzene rings is 3. The van der Waals surface area contributed by atoms with E-state index in [0.29, 0.717) is 22.5 Å². The van der Waals surface area contributed by atoms with Crippen molar-refractivity contribution in [2.75, 3.05) is 10.6 Å². The van der Waals surface area contributed by atoms with E-state index in [2.05, 4.69) is 16.0 Å². The lowest BCUT2D eigenvalue weighted by molar-refractivity contribution is 0.0938. The van der Waals surface area contributed by atoms with E-state index >= 15 is 0 Å². The lowest BCUT2D eigenvalue weighted by Crippen LogP contribution is -2.31. The SMILES string of the molecule is CCC(C)NC(=O)c1ccc(NC(=O)c2cccc(C)c2NC(=O)c2ccccc2F)cc1. The maximum absolute atomic E-state index is 14.0. The Morgan fingerprint density at radius 1 is 0.818 bits per heavy atom. The summed E-state index contributed by atoms with van der Waals surface area (Å²) in [5, 5.41) is 8.32.